The molecule has 0 atom stereocenters. The Kier molecular flexibility index (Phi) is 9.66. The van der Waals surface area contributed by atoms with Gasteiger partial charge in [0.15, 0.2) is 13.7 Å². The number of fused-ring (bicyclic) bond motifs is 2. The summed E-state index contributed by atoms with van der Waals surface area (Å²) in [6.07, 6.45) is 10.5. The highest BCUT2D eigenvalue weighted by Crippen LogP contribution is 2.40. The van der Waals surface area contributed by atoms with E-state index < -0.39 is 8.07 Å². The molecule has 52 heavy (non-hydrogen) atoms. The molecule has 1 fully saturated rings. The Bertz CT molecular complexity index is 2100. The van der Waals surface area contributed by atoms with Crippen LogP contribution in [0.3, 0.4) is 0 Å². The van der Waals surface area contributed by atoms with Crippen molar-refractivity contribution in [1.29, 1.82) is 0 Å². The van der Waals surface area contributed by atoms with Crippen molar-refractivity contribution in [3.8, 4) is 11.3 Å². The van der Waals surface area contributed by atoms with E-state index in [1.54, 1.807) is 0 Å². The molecule has 0 bridgehead atoms. The van der Waals surface area contributed by atoms with Crippen LogP contribution in [0.25, 0.3) is 33.0 Å². The molecule has 7 rings (SSSR count). The number of rotatable bonds is 7. The van der Waals surface area contributed by atoms with Gasteiger partial charge in [-0.1, -0.05) is 167 Å². The van der Waals surface area contributed by atoms with E-state index in [2.05, 4.69) is 159 Å². The zero-order valence-electron chi connectivity index (χ0n) is 33.2. The monoisotopic (exact) mass is 705 g/mol. The van der Waals surface area contributed by atoms with E-state index in [1.165, 1.54) is 75.3 Å². The molecule has 0 saturated heterocycles. The van der Waals surface area contributed by atoms with Crippen LogP contribution in [-0.2, 0) is 18.3 Å². The lowest BCUT2D eigenvalue weighted by Crippen LogP contribution is -2.69. The van der Waals surface area contributed by atoms with Crippen LogP contribution in [-0.4, -0.2) is 13.1 Å². The first-order valence-corrected chi connectivity index (χ1v) is 21.8. The lowest BCUT2D eigenvalue weighted by molar-refractivity contribution is 0.411. The van der Waals surface area contributed by atoms with Gasteiger partial charge in [0.05, 0.1) is 5.38 Å². The lowest BCUT2D eigenvalue weighted by Gasteiger charge is -2.40. The topological polar surface area (TPSA) is 26.0 Å². The lowest BCUT2D eigenvalue weighted by atomic mass is 9.82. The third-order valence-electron chi connectivity index (χ3n) is 11.3. The summed E-state index contributed by atoms with van der Waals surface area (Å²) in [4.78, 5) is 5.07. The van der Waals surface area contributed by atoms with E-state index in [4.69, 9.17) is 9.40 Å². The Morgan fingerprint density at radius 1 is 0.635 bits per heavy atom. The number of hydrogen-bond donors (Lipinski definition) is 0. The van der Waals surface area contributed by atoms with Gasteiger partial charge < -0.3 is 4.42 Å². The molecule has 2 nitrogen and oxygen atoms in total. The maximum absolute atomic E-state index is 7.44. The summed E-state index contributed by atoms with van der Waals surface area (Å²) in [7, 11) is -2.67. The van der Waals surface area contributed by atoms with Crippen LogP contribution in [0.4, 0.5) is 0 Å². The highest BCUT2D eigenvalue weighted by Gasteiger charge is 2.49. The van der Waals surface area contributed by atoms with Gasteiger partial charge in [-0.2, -0.15) is 0 Å². The zero-order chi connectivity index (χ0) is 36.9. The van der Waals surface area contributed by atoms with Gasteiger partial charge in [-0.05, 0) is 96.7 Å². The fraction of sp³-hybridized carbons (Fsp3) is 0.408. The molecule has 3 heteroatoms. The van der Waals surface area contributed by atoms with Gasteiger partial charge in [-0.3, -0.25) is 4.98 Å². The number of aromatic nitrogens is 1. The molecule has 270 valence electrons. The first kappa shape index (κ1) is 36.4. The summed E-state index contributed by atoms with van der Waals surface area (Å²) >= 11 is 0. The first-order valence-electron chi connectivity index (χ1n) is 19.7. The highest BCUT2D eigenvalue weighted by atomic mass is 28.3. The smallest absolute Gasteiger partial charge is 0.196 e. The van der Waals surface area contributed by atoms with E-state index in [9.17, 15) is 0 Å². The van der Waals surface area contributed by atoms with E-state index in [0.29, 0.717) is 5.54 Å². The predicted molar refractivity (Wildman–Crippen MR) is 226 cm³/mol. The van der Waals surface area contributed by atoms with Crippen LogP contribution < -0.4 is 15.8 Å². The standard InChI is InChI=1S/C49H59NOSi/c1-47(2,3)32-34-19-23-40(24-20-34)52(39-16-11-10-12-17-39,41-25-21-35(22-26-41)33-48(4,5)6)44-31-37-27-28-50-45(46(37)51-44)38-29-36-15-13-14-18-42(36)43(30-38)49(7,8)9/h13-15,18-31,39H,10-12,16-17,32-33H2,1-9H3. The van der Waals surface area contributed by atoms with Crippen LogP contribution in [0.2, 0.25) is 5.54 Å². The second-order valence-electron chi connectivity index (χ2n) is 19.2. The average Bonchev–Trinajstić information content (AvgIpc) is 3.53. The zero-order valence-corrected chi connectivity index (χ0v) is 34.2. The second kappa shape index (κ2) is 13.8. The number of nitrogens with zero attached hydrogens (tertiary/aromatic N) is 1. The minimum absolute atomic E-state index is 0.0147. The molecule has 0 aliphatic heterocycles. The average molecular weight is 706 g/mol. The van der Waals surface area contributed by atoms with Crippen molar-refractivity contribution in [3.63, 3.8) is 0 Å². The summed E-state index contributed by atoms with van der Waals surface area (Å²) in [6.45, 7) is 20.9. The van der Waals surface area contributed by atoms with Crippen molar-refractivity contribution in [1.82, 2.24) is 4.98 Å². The summed E-state index contributed by atoms with van der Waals surface area (Å²) in [5.41, 5.74) is 8.13. The van der Waals surface area contributed by atoms with Crippen LogP contribution in [0.15, 0.2) is 108 Å². The summed E-state index contributed by atoms with van der Waals surface area (Å²) in [5, 5.41) is 7.80. The van der Waals surface area contributed by atoms with Crippen LogP contribution in [0.5, 0.6) is 0 Å². The van der Waals surface area contributed by atoms with E-state index >= 15 is 0 Å². The molecular weight excluding hydrogens is 647 g/mol. The fourth-order valence-corrected chi connectivity index (χ4v) is 14.6. The molecule has 0 spiro atoms. The normalized spacial score (nSPS) is 15.1. The number of hydrogen-bond acceptors (Lipinski definition) is 2. The molecule has 2 aromatic heterocycles. The molecular formula is C49H59NOSi. The maximum Gasteiger partial charge on any atom is 0.196 e. The first-order chi connectivity index (χ1) is 24.6. The van der Waals surface area contributed by atoms with Crippen LogP contribution in [0.1, 0.15) is 111 Å². The number of pyridine rings is 1. The van der Waals surface area contributed by atoms with Gasteiger partial charge in [0, 0.05) is 17.1 Å². The van der Waals surface area contributed by atoms with Crippen molar-refractivity contribution < 1.29 is 4.42 Å². The van der Waals surface area contributed by atoms with Gasteiger partial charge in [0.25, 0.3) is 0 Å². The Labute approximate surface area is 314 Å². The van der Waals surface area contributed by atoms with Crippen molar-refractivity contribution >= 4 is 45.6 Å². The Morgan fingerprint density at radius 3 is 1.77 bits per heavy atom. The number of benzene rings is 4. The summed E-state index contributed by atoms with van der Waals surface area (Å²) < 4.78 is 7.44. The Balaban J connectivity index is 1.47. The molecule has 4 aromatic carbocycles. The third-order valence-corrected chi connectivity index (χ3v) is 16.6. The van der Waals surface area contributed by atoms with Crippen molar-refractivity contribution in [2.45, 2.75) is 118 Å². The van der Waals surface area contributed by atoms with Gasteiger partial charge in [-0.25, -0.2) is 0 Å². The Hall–Kier alpha value is -3.95. The molecule has 0 N–H and O–H groups in total. The van der Waals surface area contributed by atoms with Gasteiger partial charge in [0.2, 0.25) is 0 Å². The molecule has 1 saturated carbocycles. The SMILES string of the molecule is CC(C)(C)Cc1ccc([Si](c2ccc(CC(C)(C)C)cc2)(c2cc3ccnc(-c4cc(C(C)(C)C)c5ccccc5c4)c3o2)C2CCCCC2)cc1. The quantitative estimate of drug-likeness (QED) is 0.155. The van der Waals surface area contributed by atoms with Gasteiger partial charge in [-0.15, -0.1) is 0 Å². The summed E-state index contributed by atoms with van der Waals surface area (Å²) in [5.74, 6) is 0. The minimum Gasteiger partial charge on any atom is -0.463 e. The Morgan fingerprint density at radius 2 is 1.21 bits per heavy atom. The minimum atomic E-state index is -2.67. The van der Waals surface area contributed by atoms with Gasteiger partial charge >= 0.3 is 0 Å². The van der Waals surface area contributed by atoms with E-state index in [0.717, 1.165) is 35.1 Å². The molecule has 1 aliphatic rings. The van der Waals surface area contributed by atoms with Gasteiger partial charge in [0.1, 0.15) is 5.69 Å². The maximum atomic E-state index is 7.44. The third kappa shape index (κ3) is 7.31. The fourth-order valence-electron chi connectivity index (χ4n) is 9.09. The van der Waals surface area contributed by atoms with E-state index in [-0.39, 0.29) is 16.2 Å². The molecule has 0 amide bonds. The van der Waals surface area contributed by atoms with E-state index in [1.807, 2.05) is 6.20 Å². The predicted octanol–water partition coefficient (Wildman–Crippen LogP) is 11.9. The van der Waals surface area contributed by atoms with Crippen LogP contribution in [0, 0.1) is 10.8 Å². The van der Waals surface area contributed by atoms with Crippen molar-refractivity contribution in [2.24, 2.45) is 10.8 Å². The molecule has 6 aromatic rings. The largest absolute Gasteiger partial charge is 0.463 e. The summed E-state index contributed by atoms with van der Waals surface area (Å²) in [6, 6.07) is 37.6. The van der Waals surface area contributed by atoms with Crippen molar-refractivity contribution in [3.05, 3.63) is 120 Å². The number of furan rings is 1. The molecule has 2 heterocycles. The molecule has 0 unspecified atom stereocenters. The second-order valence-corrected chi connectivity index (χ2v) is 23.3. The molecule has 1 aliphatic carbocycles. The van der Waals surface area contributed by atoms with Crippen molar-refractivity contribution in [2.75, 3.05) is 0 Å². The van der Waals surface area contributed by atoms with Crippen LogP contribution >= 0.6 is 0 Å². The highest BCUT2D eigenvalue weighted by molar-refractivity contribution is 7.11. The molecule has 0 radical (unpaired) electrons.